The van der Waals surface area contributed by atoms with Crippen molar-refractivity contribution >= 4 is 0 Å². The SMILES string of the molecule is CC(C)(F)c1ccccc1CC1CCNCC1. The van der Waals surface area contributed by atoms with E-state index in [1.54, 1.807) is 13.8 Å². The fraction of sp³-hybridized carbons (Fsp3) is 0.600. The summed E-state index contributed by atoms with van der Waals surface area (Å²) in [6, 6.07) is 7.96. The number of alkyl halides is 1. The molecular weight excluding hydrogens is 213 g/mol. The summed E-state index contributed by atoms with van der Waals surface area (Å²) in [7, 11) is 0. The molecule has 0 unspecified atom stereocenters. The largest absolute Gasteiger partial charge is 0.317 e. The van der Waals surface area contributed by atoms with Gasteiger partial charge >= 0.3 is 0 Å². The van der Waals surface area contributed by atoms with E-state index in [4.69, 9.17) is 0 Å². The molecule has 1 aliphatic rings. The molecule has 1 saturated heterocycles. The van der Waals surface area contributed by atoms with Crippen molar-refractivity contribution in [1.82, 2.24) is 5.32 Å². The van der Waals surface area contributed by atoms with Crippen LogP contribution in [0.5, 0.6) is 0 Å². The standard InChI is InChI=1S/C15H22FN/c1-15(2,16)14-6-4-3-5-13(14)11-12-7-9-17-10-8-12/h3-6,12,17H,7-11H2,1-2H3. The number of nitrogens with one attached hydrogen (secondary N) is 1. The van der Waals surface area contributed by atoms with Crippen molar-refractivity contribution in [2.45, 2.75) is 38.8 Å². The minimum Gasteiger partial charge on any atom is -0.317 e. The van der Waals surface area contributed by atoms with Crippen molar-refractivity contribution in [3.63, 3.8) is 0 Å². The minimum atomic E-state index is -1.23. The molecule has 1 heterocycles. The van der Waals surface area contributed by atoms with Gasteiger partial charge in [0.2, 0.25) is 0 Å². The Balaban J connectivity index is 2.14. The molecule has 0 bridgehead atoms. The Hall–Kier alpha value is -0.890. The van der Waals surface area contributed by atoms with Gasteiger partial charge in [0.1, 0.15) is 5.67 Å². The highest BCUT2D eigenvalue weighted by Crippen LogP contribution is 2.30. The van der Waals surface area contributed by atoms with Crippen LogP contribution in [0.2, 0.25) is 0 Å². The number of hydrogen-bond donors (Lipinski definition) is 1. The molecule has 1 aromatic carbocycles. The third kappa shape index (κ3) is 3.29. The van der Waals surface area contributed by atoms with Crippen LogP contribution >= 0.6 is 0 Å². The monoisotopic (exact) mass is 235 g/mol. The van der Waals surface area contributed by atoms with Crippen LogP contribution in [0.15, 0.2) is 24.3 Å². The fourth-order valence-corrected chi connectivity index (χ4v) is 2.68. The summed E-state index contributed by atoms with van der Waals surface area (Å²) in [5, 5.41) is 3.37. The van der Waals surface area contributed by atoms with Crippen molar-refractivity contribution in [1.29, 1.82) is 0 Å². The Labute approximate surface area is 103 Å². The molecule has 1 aromatic rings. The predicted molar refractivity (Wildman–Crippen MR) is 69.9 cm³/mol. The first-order valence-corrected chi connectivity index (χ1v) is 6.55. The first-order chi connectivity index (χ1) is 8.07. The zero-order valence-corrected chi connectivity index (χ0v) is 10.8. The first kappa shape index (κ1) is 12.6. The second-order valence-corrected chi connectivity index (χ2v) is 5.53. The maximum Gasteiger partial charge on any atom is 0.130 e. The van der Waals surface area contributed by atoms with Crippen LogP contribution in [0.4, 0.5) is 4.39 Å². The Kier molecular flexibility index (Phi) is 3.82. The van der Waals surface area contributed by atoms with Gasteiger partial charge in [-0.2, -0.15) is 0 Å². The van der Waals surface area contributed by atoms with Gasteiger partial charge in [-0.1, -0.05) is 24.3 Å². The van der Waals surface area contributed by atoms with Gasteiger partial charge in [-0.15, -0.1) is 0 Å². The molecule has 0 saturated carbocycles. The zero-order chi connectivity index (χ0) is 12.3. The molecule has 0 amide bonds. The number of halogens is 1. The maximum absolute atomic E-state index is 14.1. The lowest BCUT2D eigenvalue weighted by Crippen LogP contribution is -2.29. The van der Waals surface area contributed by atoms with Crippen LogP contribution in [0.3, 0.4) is 0 Å². The molecule has 17 heavy (non-hydrogen) atoms. The van der Waals surface area contributed by atoms with Crippen molar-refractivity contribution in [3.8, 4) is 0 Å². The summed E-state index contributed by atoms with van der Waals surface area (Å²) in [5.74, 6) is 0.708. The summed E-state index contributed by atoms with van der Waals surface area (Å²) < 4.78 is 14.1. The van der Waals surface area contributed by atoms with E-state index in [0.717, 1.165) is 25.1 Å². The maximum atomic E-state index is 14.1. The summed E-state index contributed by atoms with van der Waals surface area (Å²) in [6.45, 7) is 5.50. The molecule has 2 rings (SSSR count). The van der Waals surface area contributed by atoms with Gasteiger partial charge in [0, 0.05) is 0 Å². The summed E-state index contributed by atoms with van der Waals surface area (Å²) in [4.78, 5) is 0. The molecule has 0 aromatic heterocycles. The molecule has 0 spiro atoms. The second-order valence-electron chi connectivity index (χ2n) is 5.53. The van der Waals surface area contributed by atoms with E-state index in [-0.39, 0.29) is 0 Å². The Morgan fingerprint density at radius 1 is 1.24 bits per heavy atom. The first-order valence-electron chi connectivity index (χ1n) is 6.55. The highest BCUT2D eigenvalue weighted by atomic mass is 19.1. The van der Waals surface area contributed by atoms with E-state index < -0.39 is 5.67 Å². The highest BCUT2D eigenvalue weighted by Gasteiger charge is 2.23. The van der Waals surface area contributed by atoms with Gasteiger partial charge in [0.25, 0.3) is 0 Å². The van der Waals surface area contributed by atoms with Crippen molar-refractivity contribution in [2.75, 3.05) is 13.1 Å². The molecule has 0 aliphatic carbocycles. The predicted octanol–water partition coefficient (Wildman–Crippen LogP) is 3.43. The quantitative estimate of drug-likeness (QED) is 0.846. The Morgan fingerprint density at radius 3 is 2.53 bits per heavy atom. The van der Waals surface area contributed by atoms with Crippen LogP contribution in [0, 0.1) is 5.92 Å². The van der Waals surface area contributed by atoms with Crippen molar-refractivity contribution in [3.05, 3.63) is 35.4 Å². The normalized spacial score (nSPS) is 18.3. The van der Waals surface area contributed by atoms with Crippen LogP contribution in [-0.2, 0) is 12.1 Å². The second kappa shape index (κ2) is 5.18. The van der Waals surface area contributed by atoms with Crippen LogP contribution in [-0.4, -0.2) is 13.1 Å². The molecule has 1 N–H and O–H groups in total. The van der Waals surface area contributed by atoms with E-state index in [9.17, 15) is 4.39 Å². The van der Waals surface area contributed by atoms with Gasteiger partial charge in [-0.25, -0.2) is 4.39 Å². The fourth-order valence-electron chi connectivity index (χ4n) is 2.68. The van der Waals surface area contributed by atoms with Crippen LogP contribution in [0.1, 0.15) is 37.8 Å². The molecular formula is C15H22FN. The van der Waals surface area contributed by atoms with E-state index >= 15 is 0 Å². The topological polar surface area (TPSA) is 12.0 Å². The van der Waals surface area contributed by atoms with Gasteiger partial charge in [0.15, 0.2) is 0 Å². The number of benzene rings is 1. The lowest BCUT2D eigenvalue weighted by atomic mass is 9.85. The molecule has 1 fully saturated rings. The zero-order valence-electron chi connectivity index (χ0n) is 10.8. The molecule has 1 nitrogen and oxygen atoms in total. The van der Waals surface area contributed by atoms with Crippen molar-refractivity contribution in [2.24, 2.45) is 5.92 Å². The van der Waals surface area contributed by atoms with Crippen LogP contribution < -0.4 is 5.32 Å². The van der Waals surface area contributed by atoms with E-state index in [0.29, 0.717) is 5.92 Å². The third-order valence-electron chi connectivity index (χ3n) is 3.63. The molecule has 1 aliphatic heterocycles. The van der Waals surface area contributed by atoms with Gasteiger partial charge in [-0.3, -0.25) is 0 Å². The summed E-state index contributed by atoms with van der Waals surface area (Å²) in [5.41, 5.74) is 0.814. The summed E-state index contributed by atoms with van der Waals surface area (Å²) >= 11 is 0. The Bertz CT molecular complexity index is 361. The third-order valence-corrected chi connectivity index (χ3v) is 3.63. The molecule has 0 radical (unpaired) electrons. The number of piperidine rings is 1. The van der Waals surface area contributed by atoms with Gasteiger partial charge < -0.3 is 5.32 Å². The van der Waals surface area contributed by atoms with E-state index in [1.807, 2.05) is 18.2 Å². The lowest BCUT2D eigenvalue weighted by Gasteiger charge is -2.25. The highest BCUT2D eigenvalue weighted by molar-refractivity contribution is 5.32. The van der Waals surface area contributed by atoms with E-state index in [1.165, 1.54) is 18.4 Å². The average molecular weight is 235 g/mol. The molecule has 2 heteroatoms. The average Bonchev–Trinajstić information content (AvgIpc) is 2.30. The summed E-state index contributed by atoms with van der Waals surface area (Å²) in [6.07, 6.45) is 3.44. The van der Waals surface area contributed by atoms with E-state index in [2.05, 4.69) is 11.4 Å². The van der Waals surface area contributed by atoms with Crippen LogP contribution in [0.25, 0.3) is 0 Å². The lowest BCUT2D eigenvalue weighted by molar-refractivity contribution is 0.218. The Morgan fingerprint density at radius 2 is 1.88 bits per heavy atom. The van der Waals surface area contributed by atoms with Gasteiger partial charge in [-0.05, 0) is 63.2 Å². The number of rotatable bonds is 3. The van der Waals surface area contributed by atoms with Gasteiger partial charge in [0.05, 0.1) is 0 Å². The molecule has 94 valence electrons. The molecule has 0 atom stereocenters. The number of hydrogen-bond acceptors (Lipinski definition) is 1. The van der Waals surface area contributed by atoms with Crippen molar-refractivity contribution < 1.29 is 4.39 Å². The smallest absolute Gasteiger partial charge is 0.130 e. The minimum absolute atomic E-state index is 0.708.